The Morgan fingerprint density at radius 1 is 1.38 bits per heavy atom. The van der Waals surface area contributed by atoms with Gasteiger partial charge >= 0.3 is 0 Å². The normalized spacial score (nSPS) is 10.1. The molecule has 1 aromatic rings. The van der Waals surface area contributed by atoms with E-state index in [0.29, 0.717) is 0 Å². The molecule has 0 N–H and O–H groups in total. The summed E-state index contributed by atoms with van der Waals surface area (Å²) in [5.41, 5.74) is 2.70. The minimum absolute atomic E-state index is 0.745. The Morgan fingerprint density at radius 2 is 2.00 bits per heavy atom. The molecular weight excluding hydrogens is 196 g/mol. The summed E-state index contributed by atoms with van der Waals surface area (Å²) < 4.78 is 0. The van der Waals surface area contributed by atoms with Gasteiger partial charge in [-0.25, -0.2) is 0 Å². The van der Waals surface area contributed by atoms with Gasteiger partial charge in [-0.05, 0) is 24.6 Å². The van der Waals surface area contributed by atoms with E-state index < -0.39 is 0 Å². The molecule has 16 heavy (non-hydrogen) atoms. The monoisotopic (exact) mass is 216 g/mol. The van der Waals surface area contributed by atoms with Crippen LogP contribution in [0.4, 0.5) is 0 Å². The van der Waals surface area contributed by atoms with Crippen LogP contribution in [0.5, 0.6) is 0 Å². The number of allylic oxidation sites excluding steroid dienone is 1. The number of rotatable bonds is 3. The van der Waals surface area contributed by atoms with Gasteiger partial charge in [0.05, 0.1) is 11.4 Å². The van der Waals surface area contributed by atoms with Crippen LogP contribution < -0.4 is 0 Å². The lowest BCUT2D eigenvalue weighted by Gasteiger charge is -1.98. The third-order valence-corrected chi connectivity index (χ3v) is 1.60. The molecule has 0 amide bonds. The molecule has 2 heteroatoms. The minimum atomic E-state index is 0.745. The zero-order valence-electron chi connectivity index (χ0n) is 10.4. The molecule has 0 atom stereocenters. The van der Waals surface area contributed by atoms with Crippen LogP contribution in [0.3, 0.4) is 0 Å². The van der Waals surface area contributed by atoms with E-state index in [-0.39, 0.29) is 0 Å². The molecule has 0 aliphatic rings. The van der Waals surface area contributed by atoms with Crippen molar-refractivity contribution in [2.24, 2.45) is 4.99 Å². The summed E-state index contributed by atoms with van der Waals surface area (Å²) in [6.07, 6.45) is 6.20. The van der Waals surface area contributed by atoms with Gasteiger partial charge in [-0.15, -0.1) is 0 Å². The number of aryl methyl sites for hydroxylation is 1. The maximum Gasteiger partial charge on any atom is 0.0886 e. The second kappa shape index (κ2) is 8.60. The Hall–Kier alpha value is -1.70. The Bertz CT molecular complexity index is 348. The molecule has 0 unspecified atom stereocenters. The molecule has 1 rings (SSSR count). The van der Waals surface area contributed by atoms with Crippen molar-refractivity contribution >= 4 is 5.71 Å². The van der Waals surface area contributed by atoms with Crippen LogP contribution >= 0.6 is 0 Å². The maximum absolute atomic E-state index is 4.22. The van der Waals surface area contributed by atoms with Crippen molar-refractivity contribution in [1.29, 1.82) is 0 Å². The fourth-order valence-corrected chi connectivity index (χ4v) is 0.941. The van der Waals surface area contributed by atoms with Gasteiger partial charge in [-0.3, -0.25) is 9.98 Å². The van der Waals surface area contributed by atoms with Crippen molar-refractivity contribution in [1.82, 2.24) is 4.98 Å². The maximum atomic E-state index is 4.22. The van der Waals surface area contributed by atoms with Crippen molar-refractivity contribution in [3.05, 3.63) is 55.0 Å². The highest BCUT2D eigenvalue weighted by Gasteiger charge is 1.98. The first-order chi connectivity index (χ1) is 7.69. The summed E-state index contributed by atoms with van der Waals surface area (Å²) in [5, 5.41) is 0. The van der Waals surface area contributed by atoms with E-state index in [1.54, 1.807) is 12.3 Å². The predicted molar refractivity (Wildman–Crippen MR) is 71.9 cm³/mol. The lowest BCUT2D eigenvalue weighted by molar-refractivity contribution is 1.09. The molecule has 1 aromatic heterocycles. The van der Waals surface area contributed by atoms with Gasteiger partial charge in [0, 0.05) is 12.4 Å². The molecule has 1 heterocycles. The standard InChI is InChI=1S/C11H12N2.C3H8/c1-4-10(12-5-2)11-7-6-9(3)8-13-11;1-3-2/h4-8H,1-2H2,3H3;3H2,1-2H3. The summed E-state index contributed by atoms with van der Waals surface area (Å²) >= 11 is 0. The van der Waals surface area contributed by atoms with Gasteiger partial charge in [0.25, 0.3) is 0 Å². The van der Waals surface area contributed by atoms with Gasteiger partial charge < -0.3 is 0 Å². The van der Waals surface area contributed by atoms with Crippen molar-refractivity contribution in [2.45, 2.75) is 27.2 Å². The molecule has 0 aromatic carbocycles. The quantitative estimate of drug-likeness (QED) is 0.703. The number of nitrogens with zero attached hydrogens (tertiary/aromatic N) is 2. The first kappa shape index (κ1) is 14.3. The fraction of sp³-hybridized carbons (Fsp3) is 0.286. The number of pyridine rings is 1. The highest BCUT2D eigenvalue weighted by Crippen LogP contribution is 2.01. The molecule has 0 radical (unpaired) electrons. The Kier molecular flexibility index (Phi) is 7.68. The summed E-state index contributed by atoms with van der Waals surface area (Å²) in [6, 6.07) is 3.91. The van der Waals surface area contributed by atoms with Crippen LogP contribution in [0.25, 0.3) is 0 Å². The molecule has 0 saturated carbocycles. The third-order valence-electron chi connectivity index (χ3n) is 1.60. The first-order valence-corrected chi connectivity index (χ1v) is 5.43. The van der Waals surface area contributed by atoms with Gasteiger partial charge in [-0.1, -0.05) is 39.5 Å². The molecule has 2 nitrogen and oxygen atoms in total. The highest BCUT2D eigenvalue weighted by molar-refractivity contribution is 6.07. The molecule has 0 spiro atoms. The Labute approximate surface area is 98.5 Å². The zero-order valence-corrected chi connectivity index (χ0v) is 10.4. The van der Waals surface area contributed by atoms with E-state index in [0.717, 1.165) is 17.0 Å². The topological polar surface area (TPSA) is 25.2 Å². The summed E-state index contributed by atoms with van der Waals surface area (Å²) in [5.74, 6) is 0. The van der Waals surface area contributed by atoms with Crippen LogP contribution in [-0.2, 0) is 0 Å². The number of hydrogen-bond acceptors (Lipinski definition) is 2. The third kappa shape index (κ3) is 5.25. The van der Waals surface area contributed by atoms with Gasteiger partial charge in [-0.2, -0.15) is 0 Å². The van der Waals surface area contributed by atoms with E-state index in [2.05, 4.69) is 37.0 Å². The van der Waals surface area contributed by atoms with Crippen LogP contribution in [0, 0.1) is 6.92 Å². The number of aliphatic imine (C=N–C) groups is 1. The summed E-state index contributed by atoms with van der Waals surface area (Å²) in [6.45, 7) is 13.4. The van der Waals surface area contributed by atoms with Crippen LogP contribution in [0.1, 0.15) is 31.5 Å². The lowest BCUT2D eigenvalue weighted by Crippen LogP contribution is -1.98. The smallest absolute Gasteiger partial charge is 0.0886 e. The lowest BCUT2D eigenvalue weighted by atomic mass is 10.2. The van der Waals surface area contributed by atoms with Gasteiger partial charge in [0.1, 0.15) is 0 Å². The van der Waals surface area contributed by atoms with Crippen LogP contribution in [0.15, 0.2) is 48.8 Å². The SMILES string of the molecule is C=CN=C(C=C)c1ccc(C)cn1.CCC. The predicted octanol–water partition coefficient (Wildman–Crippen LogP) is 3.92. The van der Waals surface area contributed by atoms with Gasteiger partial charge in [0.15, 0.2) is 0 Å². The fourth-order valence-electron chi connectivity index (χ4n) is 0.941. The average Bonchev–Trinajstić information content (AvgIpc) is 2.28. The van der Waals surface area contributed by atoms with Crippen molar-refractivity contribution in [2.75, 3.05) is 0 Å². The van der Waals surface area contributed by atoms with Crippen molar-refractivity contribution in [3.8, 4) is 0 Å². The molecule has 0 saturated heterocycles. The molecule has 0 fully saturated rings. The number of aromatic nitrogens is 1. The molecule has 0 aliphatic carbocycles. The van der Waals surface area contributed by atoms with E-state index >= 15 is 0 Å². The number of hydrogen-bond donors (Lipinski definition) is 0. The Balaban J connectivity index is 0.000000673. The largest absolute Gasteiger partial charge is 0.255 e. The van der Waals surface area contributed by atoms with E-state index in [1.165, 1.54) is 12.6 Å². The minimum Gasteiger partial charge on any atom is -0.255 e. The summed E-state index contributed by atoms with van der Waals surface area (Å²) in [4.78, 5) is 8.26. The zero-order chi connectivity index (χ0) is 12.4. The van der Waals surface area contributed by atoms with E-state index in [1.807, 2.05) is 19.1 Å². The van der Waals surface area contributed by atoms with Crippen molar-refractivity contribution < 1.29 is 0 Å². The van der Waals surface area contributed by atoms with E-state index in [4.69, 9.17) is 0 Å². The molecule has 0 aliphatic heterocycles. The van der Waals surface area contributed by atoms with E-state index in [9.17, 15) is 0 Å². The molecule has 86 valence electrons. The Morgan fingerprint density at radius 3 is 2.38 bits per heavy atom. The van der Waals surface area contributed by atoms with Crippen LogP contribution in [0.2, 0.25) is 0 Å². The first-order valence-electron chi connectivity index (χ1n) is 5.43. The molecular formula is C14H20N2. The molecule has 0 bridgehead atoms. The average molecular weight is 216 g/mol. The van der Waals surface area contributed by atoms with Crippen molar-refractivity contribution in [3.63, 3.8) is 0 Å². The highest BCUT2D eigenvalue weighted by atomic mass is 14.8. The van der Waals surface area contributed by atoms with Crippen LogP contribution in [-0.4, -0.2) is 10.7 Å². The summed E-state index contributed by atoms with van der Waals surface area (Å²) in [7, 11) is 0. The van der Waals surface area contributed by atoms with Gasteiger partial charge in [0.2, 0.25) is 0 Å². The second-order valence-electron chi connectivity index (χ2n) is 3.33. The second-order valence-corrected chi connectivity index (χ2v) is 3.33.